The second-order valence-corrected chi connectivity index (χ2v) is 8.38. The molecule has 0 amide bonds. The van der Waals surface area contributed by atoms with Gasteiger partial charge in [-0.2, -0.15) is 0 Å². The maximum atomic E-state index is 9.78. The maximum absolute atomic E-state index is 9.78. The molecule has 5 heteroatoms. The van der Waals surface area contributed by atoms with E-state index in [-0.39, 0.29) is 11.8 Å². The highest BCUT2D eigenvalue weighted by Crippen LogP contribution is 2.34. The summed E-state index contributed by atoms with van der Waals surface area (Å²) in [6.45, 7) is 0.565. The van der Waals surface area contributed by atoms with E-state index in [0.717, 1.165) is 24.8 Å². The van der Waals surface area contributed by atoms with Crippen LogP contribution in [0.25, 0.3) is 0 Å². The van der Waals surface area contributed by atoms with Gasteiger partial charge in [0.1, 0.15) is 0 Å². The molecule has 31 heavy (non-hydrogen) atoms. The third-order valence-electron chi connectivity index (χ3n) is 5.98. The summed E-state index contributed by atoms with van der Waals surface area (Å²) in [6, 6.07) is 25.0. The summed E-state index contributed by atoms with van der Waals surface area (Å²) in [7, 11) is 1.55. The number of aryl methyl sites for hydroxylation is 1. The summed E-state index contributed by atoms with van der Waals surface area (Å²) in [5.74, 6) is 0.961. The largest absolute Gasteiger partial charge is 0.504 e. The molecule has 0 bridgehead atoms. The Morgan fingerprint density at radius 3 is 2.61 bits per heavy atom. The number of aromatic hydroxyl groups is 1. The minimum Gasteiger partial charge on any atom is -0.504 e. The molecule has 0 spiro atoms. The molecule has 1 aliphatic rings. The van der Waals surface area contributed by atoms with Crippen LogP contribution in [0.3, 0.4) is 0 Å². The van der Waals surface area contributed by atoms with Gasteiger partial charge in [0.15, 0.2) is 16.6 Å². The molecular formula is C26H28N2O2S. The van der Waals surface area contributed by atoms with Gasteiger partial charge in [-0.05, 0) is 65.9 Å². The van der Waals surface area contributed by atoms with Gasteiger partial charge in [0.05, 0.1) is 7.11 Å². The van der Waals surface area contributed by atoms with E-state index in [1.807, 2.05) is 12.1 Å². The molecule has 2 atom stereocenters. The van der Waals surface area contributed by atoms with Crippen LogP contribution in [0.2, 0.25) is 0 Å². The zero-order valence-electron chi connectivity index (χ0n) is 17.7. The number of phenols is 1. The van der Waals surface area contributed by atoms with Gasteiger partial charge in [0, 0.05) is 18.5 Å². The topological polar surface area (TPSA) is 53.5 Å². The number of fused-ring (bicyclic) bond motifs is 1. The Labute approximate surface area is 189 Å². The molecule has 0 radical (unpaired) electrons. The Bertz CT molecular complexity index is 1040. The van der Waals surface area contributed by atoms with E-state index >= 15 is 0 Å². The lowest BCUT2D eigenvalue weighted by Crippen LogP contribution is -2.46. The number of thiocarbonyl (C=S) groups is 1. The van der Waals surface area contributed by atoms with Crippen LogP contribution in [0.4, 0.5) is 0 Å². The van der Waals surface area contributed by atoms with Gasteiger partial charge in [0.25, 0.3) is 0 Å². The number of phenolic OH excluding ortho intramolecular Hbond substituents is 1. The molecule has 3 aromatic carbocycles. The van der Waals surface area contributed by atoms with Gasteiger partial charge in [-0.25, -0.2) is 0 Å². The van der Waals surface area contributed by atoms with Crippen molar-refractivity contribution >= 4 is 17.3 Å². The molecule has 4 nitrogen and oxygen atoms in total. The Kier molecular flexibility index (Phi) is 6.73. The molecule has 0 aliphatic heterocycles. The standard InChI is InChI=1S/C26H28N2O2S/c1-30-25-16-19(11-14-24(25)29)17-27-26(31)28-23-13-12-20-9-5-6-10-21(20)22(23)15-18-7-3-2-4-8-18/h2-11,14,16,22-23,29H,12-13,15,17H2,1H3,(H2,27,28,31). The van der Waals surface area contributed by atoms with Crippen LogP contribution < -0.4 is 15.4 Å². The molecule has 1 aliphatic carbocycles. The van der Waals surface area contributed by atoms with Gasteiger partial charge in [-0.3, -0.25) is 0 Å². The first kappa shape index (κ1) is 21.2. The van der Waals surface area contributed by atoms with Crippen molar-refractivity contribution in [3.63, 3.8) is 0 Å². The Hall–Kier alpha value is -3.05. The van der Waals surface area contributed by atoms with Crippen molar-refractivity contribution in [2.45, 2.75) is 37.8 Å². The average Bonchev–Trinajstić information content (AvgIpc) is 2.80. The molecule has 4 rings (SSSR count). The molecule has 0 saturated heterocycles. The minimum atomic E-state index is 0.136. The lowest BCUT2D eigenvalue weighted by Gasteiger charge is -2.35. The number of benzene rings is 3. The molecule has 0 fully saturated rings. The summed E-state index contributed by atoms with van der Waals surface area (Å²) in [6.07, 6.45) is 3.08. The molecule has 160 valence electrons. The third-order valence-corrected chi connectivity index (χ3v) is 6.24. The molecule has 0 heterocycles. The quantitative estimate of drug-likeness (QED) is 0.493. The van der Waals surface area contributed by atoms with Gasteiger partial charge in [0.2, 0.25) is 0 Å². The summed E-state index contributed by atoms with van der Waals surface area (Å²) >= 11 is 5.63. The van der Waals surface area contributed by atoms with Crippen molar-refractivity contribution in [2.24, 2.45) is 0 Å². The first-order valence-electron chi connectivity index (χ1n) is 10.7. The third kappa shape index (κ3) is 5.17. The van der Waals surface area contributed by atoms with Crippen LogP contribution in [0.5, 0.6) is 11.5 Å². The fraction of sp³-hybridized carbons (Fsp3) is 0.269. The van der Waals surface area contributed by atoms with Crippen LogP contribution in [0.1, 0.15) is 34.6 Å². The normalized spacial score (nSPS) is 17.5. The first-order valence-corrected chi connectivity index (χ1v) is 11.1. The molecule has 3 N–H and O–H groups in total. The van der Waals surface area contributed by atoms with E-state index in [1.54, 1.807) is 13.2 Å². The van der Waals surface area contributed by atoms with Crippen molar-refractivity contribution in [1.82, 2.24) is 10.6 Å². The van der Waals surface area contributed by atoms with E-state index in [2.05, 4.69) is 65.2 Å². The summed E-state index contributed by atoms with van der Waals surface area (Å²) in [5.41, 5.74) is 5.19. The van der Waals surface area contributed by atoms with Crippen molar-refractivity contribution in [2.75, 3.05) is 7.11 Å². The van der Waals surface area contributed by atoms with Crippen molar-refractivity contribution in [3.05, 3.63) is 95.1 Å². The highest BCUT2D eigenvalue weighted by atomic mass is 32.1. The van der Waals surface area contributed by atoms with Crippen LogP contribution in [-0.2, 0) is 19.4 Å². The summed E-state index contributed by atoms with van der Waals surface area (Å²) in [5, 5.41) is 17.3. The second kappa shape index (κ2) is 9.84. The van der Waals surface area contributed by atoms with Crippen molar-refractivity contribution in [1.29, 1.82) is 0 Å². The van der Waals surface area contributed by atoms with E-state index in [1.165, 1.54) is 16.7 Å². The van der Waals surface area contributed by atoms with Crippen LogP contribution in [-0.4, -0.2) is 23.4 Å². The Morgan fingerprint density at radius 2 is 1.81 bits per heavy atom. The highest BCUT2D eigenvalue weighted by Gasteiger charge is 2.30. The second-order valence-electron chi connectivity index (χ2n) is 7.97. The van der Waals surface area contributed by atoms with E-state index in [9.17, 15) is 5.11 Å². The monoisotopic (exact) mass is 432 g/mol. The number of methoxy groups -OCH3 is 1. The lowest BCUT2D eigenvalue weighted by molar-refractivity contribution is 0.373. The molecule has 3 aromatic rings. The predicted molar refractivity (Wildman–Crippen MR) is 129 cm³/mol. The number of rotatable bonds is 6. The Balaban J connectivity index is 1.45. The number of hydrogen-bond acceptors (Lipinski definition) is 3. The summed E-state index contributed by atoms with van der Waals surface area (Å²) < 4.78 is 5.19. The van der Waals surface area contributed by atoms with Crippen molar-refractivity contribution < 1.29 is 9.84 Å². The maximum Gasteiger partial charge on any atom is 0.166 e. The molecular weight excluding hydrogens is 404 g/mol. The smallest absolute Gasteiger partial charge is 0.166 e. The van der Waals surface area contributed by atoms with Crippen LogP contribution in [0.15, 0.2) is 72.8 Å². The molecule has 2 unspecified atom stereocenters. The molecule has 0 aromatic heterocycles. The number of hydrogen-bond donors (Lipinski definition) is 3. The Morgan fingerprint density at radius 1 is 1.03 bits per heavy atom. The van der Waals surface area contributed by atoms with Gasteiger partial charge >= 0.3 is 0 Å². The van der Waals surface area contributed by atoms with Crippen molar-refractivity contribution in [3.8, 4) is 11.5 Å². The summed E-state index contributed by atoms with van der Waals surface area (Å²) in [4.78, 5) is 0. The van der Waals surface area contributed by atoms with Gasteiger partial charge in [-0.1, -0.05) is 60.7 Å². The SMILES string of the molecule is COc1cc(CNC(=S)NC2CCc3ccccc3C2Cc2ccccc2)ccc1O. The molecule has 0 saturated carbocycles. The zero-order chi connectivity index (χ0) is 21.6. The van der Waals surface area contributed by atoms with Crippen LogP contribution in [0, 0.1) is 0 Å². The minimum absolute atomic E-state index is 0.136. The highest BCUT2D eigenvalue weighted by molar-refractivity contribution is 7.80. The van der Waals surface area contributed by atoms with E-state index < -0.39 is 0 Å². The van der Waals surface area contributed by atoms with Crippen LogP contribution >= 0.6 is 12.2 Å². The predicted octanol–water partition coefficient (Wildman–Crippen LogP) is 4.71. The zero-order valence-corrected chi connectivity index (χ0v) is 18.5. The first-order chi connectivity index (χ1) is 15.1. The lowest BCUT2D eigenvalue weighted by atomic mass is 9.76. The van der Waals surface area contributed by atoms with E-state index in [0.29, 0.717) is 23.3 Å². The fourth-order valence-electron chi connectivity index (χ4n) is 4.38. The average molecular weight is 433 g/mol. The van der Waals surface area contributed by atoms with Gasteiger partial charge in [-0.15, -0.1) is 0 Å². The fourth-order valence-corrected chi connectivity index (χ4v) is 4.60. The number of ether oxygens (including phenoxy) is 1. The van der Waals surface area contributed by atoms with Gasteiger partial charge < -0.3 is 20.5 Å². The van der Waals surface area contributed by atoms with E-state index in [4.69, 9.17) is 17.0 Å². The number of nitrogens with one attached hydrogen (secondary N) is 2.